The molecular weight excluding hydrogens is 156 g/mol. The normalized spacial score (nSPS) is 29.6. The third-order valence-corrected chi connectivity index (χ3v) is 1.88. The van der Waals surface area contributed by atoms with Crippen LogP contribution in [0.15, 0.2) is 0 Å². The molecule has 1 atom stereocenters. The second kappa shape index (κ2) is 2.41. The second-order valence-electron chi connectivity index (χ2n) is 2.66. The van der Waals surface area contributed by atoms with Crippen molar-refractivity contribution in [2.24, 2.45) is 0 Å². The van der Waals surface area contributed by atoms with Crippen molar-refractivity contribution in [1.82, 2.24) is 4.90 Å². The number of hydrogen-bond donors (Lipinski definition) is 1. The molecule has 1 aliphatic rings. The molecule has 5 heteroatoms. The molecule has 0 aromatic carbocycles. The summed E-state index contributed by atoms with van der Waals surface area (Å²) in [7, 11) is 1.27. The van der Waals surface area contributed by atoms with Gasteiger partial charge in [-0.05, 0) is 0 Å². The summed E-state index contributed by atoms with van der Waals surface area (Å²) in [6.07, 6.45) is -0.571. The van der Waals surface area contributed by atoms with Gasteiger partial charge in [-0.3, -0.25) is 4.79 Å². The number of likely N-dealkylation sites (N-methyl/N-ethyl adjacent to an activating group) is 1. The smallest absolute Gasteiger partial charge is 0.326 e. The van der Waals surface area contributed by atoms with Gasteiger partial charge < -0.3 is 10.0 Å². The molecule has 0 radical (unpaired) electrons. The predicted molar refractivity (Wildman–Crippen MR) is 33.2 cm³/mol. The number of likely N-dealkylation sites (tertiary alicyclic amines) is 1. The van der Waals surface area contributed by atoms with Crippen molar-refractivity contribution in [1.29, 1.82) is 0 Å². The zero-order chi connectivity index (χ0) is 8.65. The number of alkyl halides is 2. The van der Waals surface area contributed by atoms with Gasteiger partial charge in [-0.1, -0.05) is 0 Å². The van der Waals surface area contributed by atoms with E-state index in [1.165, 1.54) is 7.05 Å². The zero-order valence-electron chi connectivity index (χ0n) is 6.05. The van der Waals surface area contributed by atoms with E-state index in [4.69, 9.17) is 5.11 Å². The first-order chi connectivity index (χ1) is 4.99. The molecule has 0 saturated carbocycles. The largest absolute Gasteiger partial charge is 0.394 e. The third kappa shape index (κ3) is 1.20. The predicted octanol–water partition coefficient (Wildman–Crippen LogP) is -0.155. The Kier molecular flexibility index (Phi) is 1.83. The van der Waals surface area contributed by atoms with Gasteiger partial charge in [-0.15, -0.1) is 0 Å². The lowest BCUT2D eigenvalue weighted by atomic mass is 10.2. The lowest BCUT2D eigenvalue weighted by Crippen LogP contribution is -2.34. The van der Waals surface area contributed by atoms with Gasteiger partial charge in [0.1, 0.15) is 0 Å². The number of aliphatic hydroxyl groups is 1. The Labute approximate surface area is 62.6 Å². The summed E-state index contributed by atoms with van der Waals surface area (Å²) in [6, 6.07) is -0.725. The van der Waals surface area contributed by atoms with Crippen LogP contribution in [-0.2, 0) is 4.79 Å². The van der Waals surface area contributed by atoms with Gasteiger partial charge in [0.05, 0.1) is 12.6 Å². The quantitative estimate of drug-likeness (QED) is 0.586. The van der Waals surface area contributed by atoms with Crippen LogP contribution in [0.5, 0.6) is 0 Å². The standard InChI is InChI=1S/C6H9F2NO2/c1-9-4(3-10)2-6(7,8)5(9)11/h4,10H,2-3H2,1H3. The van der Waals surface area contributed by atoms with Crippen molar-refractivity contribution in [2.45, 2.75) is 18.4 Å². The highest BCUT2D eigenvalue weighted by molar-refractivity contribution is 5.85. The van der Waals surface area contributed by atoms with Crippen molar-refractivity contribution >= 4 is 5.91 Å². The monoisotopic (exact) mass is 165 g/mol. The van der Waals surface area contributed by atoms with Gasteiger partial charge in [-0.2, -0.15) is 8.78 Å². The molecule has 0 aliphatic carbocycles. The molecule has 0 aromatic heterocycles. The van der Waals surface area contributed by atoms with E-state index in [0.29, 0.717) is 0 Å². The topological polar surface area (TPSA) is 40.5 Å². The summed E-state index contributed by atoms with van der Waals surface area (Å²) in [5, 5.41) is 8.56. The summed E-state index contributed by atoms with van der Waals surface area (Å²) in [5.41, 5.74) is 0. The lowest BCUT2D eigenvalue weighted by Gasteiger charge is -2.15. The number of halogens is 2. The van der Waals surface area contributed by atoms with Crippen LogP contribution in [0.2, 0.25) is 0 Å². The van der Waals surface area contributed by atoms with E-state index in [9.17, 15) is 13.6 Å². The molecule has 11 heavy (non-hydrogen) atoms. The van der Waals surface area contributed by atoms with Crippen molar-refractivity contribution in [3.05, 3.63) is 0 Å². The number of carbonyl (C=O) groups excluding carboxylic acids is 1. The van der Waals surface area contributed by atoms with E-state index in [2.05, 4.69) is 0 Å². The number of carbonyl (C=O) groups is 1. The summed E-state index contributed by atoms with van der Waals surface area (Å²) in [5.74, 6) is -4.47. The Hall–Kier alpha value is -0.710. The Balaban J connectivity index is 2.77. The molecule has 1 fully saturated rings. The number of hydrogen-bond acceptors (Lipinski definition) is 2. The summed E-state index contributed by atoms with van der Waals surface area (Å²) >= 11 is 0. The average molecular weight is 165 g/mol. The lowest BCUT2D eigenvalue weighted by molar-refractivity contribution is -0.147. The molecule has 1 amide bonds. The minimum atomic E-state index is -3.28. The second-order valence-corrected chi connectivity index (χ2v) is 2.66. The molecule has 1 N–H and O–H groups in total. The minimum absolute atomic E-state index is 0.405. The number of nitrogens with zero attached hydrogens (tertiary/aromatic N) is 1. The van der Waals surface area contributed by atoms with Crippen LogP contribution in [0.3, 0.4) is 0 Å². The molecule has 1 heterocycles. The fraction of sp³-hybridized carbons (Fsp3) is 0.833. The van der Waals surface area contributed by atoms with Crippen molar-refractivity contribution in [3.63, 3.8) is 0 Å². The van der Waals surface area contributed by atoms with E-state index in [1.807, 2.05) is 0 Å². The minimum Gasteiger partial charge on any atom is -0.394 e. The Morgan fingerprint density at radius 3 is 2.55 bits per heavy atom. The molecule has 0 spiro atoms. The van der Waals surface area contributed by atoms with Gasteiger partial charge in [0.15, 0.2) is 0 Å². The van der Waals surface area contributed by atoms with Gasteiger partial charge >= 0.3 is 5.92 Å². The Morgan fingerprint density at radius 2 is 2.36 bits per heavy atom. The average Bonchev–Trinajstić information content (AvgIpc) is 2.13. The van der Waals surface area contributed by atoms with Gasteiger partial charge in [0.25, 0.3) is 5.91 Å². The molecule has 64 valence electrons. The summed E-state index contributed by atoms with van der Waals surface area (Å²) < 4.78 is 25.0. The van der Waals surface area contributed by atoms with Crippen molar-refractivity contribution in [2.75, 3.05) is 13.7 Å². The first-order valence-electron chi connectivity index (χ1n) is 3.25. The molecule has 3 nitrogen and oxygen atoms in total. The summed E-state index contributed by atoms with van der Waals surface area (Å²) in [6.45, 7) is -0.405. The summed E-state index contributed by atoms with van der Waals surface area (Å²) in [4.78, 5) is 11.5. The molecule has 0 aromatic rings. The van der Waals surface area contributed by atoms with E-state index in [0.717, 1.165) is 4.90 Å². The van der Waals surface area contributed by atoms with Crippen molar-refractivity contribution in [3.8, 4) is 0 Å². The zero-order valence-corrected chi connectivity index (χ0v) is 6.05. The van der Waals surface area contributed by atoms with Crippen LogP contribution in [0, 0.1) is 0 Å². The van der Waals surface area contributed by atoms with Crippen LogP contribution < -0.4 is 0 Å². The number of aliphatic hydroxyl groups excluding tert-OH is 1. The number of rotatable bonds is 1. The van der Waals surface area contributed by atoms with Crippen LogP contribution >= 0.6 is 0 Å². The SMILES string of the molecule is CN1C(=O)C(F)(F)CC1CO. The fourth-order valence-corrected chi connectivity index (χ4v) is 1.13. The highest BCUT2D eigenvalue weighted by atomic mass is 19.3. The van der Waals surface area contributed by atoms with E-state index < -0.39 is 30.9 Å². The van der Waals surface area contributed by atoms with Crippen LogP contribution in [-0.4, -0.2) is 41.5 Å². The van der Waals surface area contributed by atoms with Crippen LogP contribution in [0.4, 0.5) is 8.78 Å². The number of amides is 1. The Morgan fingerprint density at radius 1 is 1.82 bits per heavy atom. The van der Waals surface area contributed by atoms with Gasteiger partial charge in [0, 0.05) is 13.5 Å². The maximum absolute atomic E-state index is 12.5. The molecule has 1 saturated heterocycles. The van der Waals surface area contributed by atoms with Crippen LogP contribution in [0.1, 0.15) is 6.42 Å². The molecule has 1 aliphatic heterocycles. The Bertz CT molecular complexity index is 183. The van der Waals surface area contributed by atoms with Gasteiger partial charge in [0.2, 0.25) is 0 Å². The molecule has 1 rings (SSSR count). The fourth-order valence-electron chi connectivity index (χ4n) is 1.13. The van der Waals surface area contributed by atoms with Gasteiger partial charge in [-0.25, -0.2) is 0 Å². The molecule has 1 unspecified atom stereocenters. The molecular formula is C6H9F2NO2. The maximum Gasteiger partial charge on any atom is 0.326 e. The first kappa shape index (κ1) is 8.39. The maximum atomic E-state index is 12.5. The van der Waals surface area contributed by atoms with E-state index in [-0.39, 0.29) is 0 Å². The van der Waals surface area contributed by atoms with E-state index >= 15 is 0 Å². The van der Waals surface area contributed by atoms with E-state index in [1.54, 1.807) is 0 Å². The molecule has 0 bridgehead atoms. The highest BCUT2D eigenvalue weighted by Crippen LogP contribution is 2.31. The highest BCUT2D eigenvalue weighted by Gasteiger charge is 2.51. The third-order valence-electron chi connectivity index (χ3n) is 1.88. The van der Waals surface area contributed by atoms with Crippen molar-refractivity contribution < 1.29 is 18.7 Å². The van der Waals surface area contributed by atoms with Crippen LogP contribution in [0.25, 0.3) is 0 Å². The first-order valence-corrected chi connectivity index (χ1v) is 3.25.